The molecule has 0 aromatic carbocycles. The van der Waals surface area contributed by atoms with Crippen molar-refractivity contribution < 1.29 is 13.8 Å². The van der Waals surface area contributed by atoms with Crippen LogP contribution in [0.1, 0.15) is 74.0 Å². The lowest BCUT2D eigenvalue weighted by atomic mass is 9.99. The van der Waals surface area contributed by atoms with Gasteiger partial charge in [-0.15, -0.1) is 0 Å². The molecular weight excluding hydrogens is 308 g/mol. The summed E-state index contributed by atoms with van der Waals surface area (Å²) in [5.41, 5.74) is 2.63. The van der Waals surface area contributed by atoms with Crippen LogP contribution in [0.3, 0.4) is 0 Å². The molecule has 0 saturated heterocycles. The Balaban J connectivity index is 1.87. The predicted molar refractivity (Wildman–Crippen MR) is 89.6 cm³/mol. The van der Waals surface area contributed by atoms with Crippen LogP contribution in [0.5, 0.6) is 0 Å². The SMILES string of the molecule is CCC(CC)c1cc(CNC(=O)N[C@H](C)c2c(C)noc2C)on1. The summed E-state index contributed by atoms with van der Waals surface area (Å²) in [6, 6.07) is 1.45. The monoisotopic (exact) mass is 334 g/mol. The van der Waals surface area contributed by atoms with E-state index in [0.29, 0.717) is 24.0 Å². The molecule has 0 aliphatic heterocycles. The molecule has 0 spiro atoms. The summed E-state index contributed by atoms with van der Waals surface area (Å²) in [5, 5.41) is 13.7. The van der Waals surface area contributed by atoms with E-state index in [1.807, 2.05) is 26.8 Å². The van der Waals surface area contributed by atoms with Crippen LogP contribution >= 0.6 is 0 Å². The topological polar surface area (TPSA) is 93.2 Å². The molecule has 0 radical (unpaired) electrons. The highest BCUT2D eigenvalue weighted by Gasteiger charge is 2.18. The van der Waals surface area contributed by atoms with Crippen molar-refractivity contribution in [2.75, 3.05) is 0 Å². The number of nitrogens with one attached hydrogen (secondary N) is 2. The highest BCUT2D eigenvalue weighted by Crippen LogP contribution is 2.22. The van der Waals surface area contributed by atoms with Gasteiger partial charge in [-0.1, -0.05) is 24.2 Å². The lowest BCUT2D eigenvalue weighted by molar-refractivity contribution is 0.235. The second kappa shape index (κ2) is 7.99. The van der Waals surface area contributed by atoms with Gasteiger partial charge in [0.05, 0.1) is 24.0 Å². The van der Waals surface area contributed by atoms with E-state index in [1.54, 1.807) is 0 Å². The number of rotatable bonds is 7. The summed E-state index contributed by atoms with van der Waals surface area (Å²) in [7, 11) is 0. The van der Waals surface area contributed by atoms with E-state index >= 15 is 0 Å². The first-order valence-electron chi connectivity index (χ1n) is 8.38. The summed E-state index contributed by atoms with van der Waals surface area (Å²) in [4.78, 5) is 12.1. The fourth-order valence-corrected chi connectivity index (χ4v) is 2.91. The first kappa shape index (κ1) is 18.0. The van der Waals surface area contributed by atoms with Gasteiger partial charge < -0.3 is 19.7 Å². The van der Waals surface area contributed by atoms with E-state index in [1.165, 1.54) is 0 Å². The fourth-order valence-electron chi connectivity index (χ4n) is 2.91. The van der Waals surface area contributed by atoms with Crippen molar-refractivity contribution >= 4 is 6.03 Å². The van der Waals surface area contributed by atoms with Crippen LogP contribution in [0.15, 0.2) is 15.1 Å². The maximum atomic E-state index is 12.1. The first-order valence-corrected chi connectivity index (χ1v) is 8.38. The number of amides is 2. The number of aromatic nitrogens is 2. The smallest absolute Gasteiger partial charge is 0.315 e. The molecular formula is C17H26N4O3. The average Bonchev–Trinajstić information content (AvgIpc) is 3.13. The molecule has 7 heteroatoms. The Labute approximate surface area is 142 Å². The third-order valence-corrected chi connectivity index (χ3v) is 4.27. The molecule has 1 atom stereocenters. The number of hydrogen-bond donors (Lipinski definition) is 2. The summed E-state index contributed by atoms with van der Waals surface area (Å²) in [5.74, 6) is 1.76. The Morgan fingerprint density at radius 1 is 1.21 bits per heavy atom. The first-order chi connectivity index (χ1) is 11.5. The van der Waals surface area contributed by atoms with Crippen LogP contribution in [0, 0.1) is 13.8 Å². The van der Waals surface area contributed by atoms with Gasteiger partial charge >= 0.3 is 6.03 Å². The standard InChI is InChI=1S/C17H26N4O3/c1-6-13(7-2)15-8-14(24-21-15)9-18-17(22)19-10(3)16-11(4)20-23-12(16)5/h8,10,13H,6-7,9H2,1-5H3,(H2,18,19,22)/t10-/m1/s1. The van der Waals surface area contributed by atoms with Crippen molar-refractivity contribution in [3.05, 3.63) is 34.5 Å². The third kappa shape index (κ3) is 4.15. The molecule has 2 rings (SSSR count). The van der Waals surface area contributed by atoms with Gasteiger partial charge in [0.2, 0.25) is 0 Å². The van der Waals surface area contributed by atoms with Crippen LogP contribution in [0.4, 0.5) is 4.79 Å². The van der Waals surface area contributed by atoms with Crippen LogP contribution in [-0.4, -0.2) is 16.3 Å². The molecule has 0 fully saturated rings. The Morgan fingerprint density at radius 2 is 1.92 bits per heavy atom. The summed E-state index contributed by atoms with van der Waals surface area (Å²) >= 11 is 0. The number of aryl methyl sites for hydroxylation is 2. The van der Waals surface area contributed by atoms with Gasteiger partial charge in [-0.2, -0.15) is 0 Å². The van der Waals surface area contributed by atoms with E-state index in [-0.39, 0.29) is 12.1 Å². The largest absolute Gasteiger partial charge is 0.361 e. The van der Waals surface area contributed by atoms with Gasteiger partial charge in [0.1, 0.15) is 5.76 Å². The van der Waals surface area contributed by atoms with Gasteiger partial charge in [0.25, 0.3) is 0 Å². The molecule has 2 heterocycles. The van der Waals surface area contributed by atoms with Crippen molar-refractivity contribution in [2.24, 2.45) is 0 Å². The van der Waals surface area contributed by atoms with E-state index in [4.69, 9.17) is 9.05 Å². The molecule has 7 nitrogen and oxygen atoms in total. The van der Waals surface area contributed by atoms with Crippen LogP contribution < -0.4 is 10.6 Å². The lowest BCUT2D eigenvalue weighted by Crippen LogP contribution is -2.36. The van der Waals surface area contributed by atoms with Crippen molar-refractivity contribution in [3.63, 3.8) is 0 Å². The zero-order chi connectivity index (χ0) is 17.7. The Morgan fingerprint density at radius 3 is 2.50 bits per heavy atom. The van der Waals surface area contributed by atoms with Gasteiger partial charge in [-0.05, 0) is 33.6 Å². The molecule has 2 aromatic rings. The normalized spacial score (nSPS) is 12.4. The van der Waals surface area contributed by atoms with Crippen molar-refractivity contribution in [2.45, 2.75) is 66.0 Å². The van der Waals surface area contributed by atoms with Crippen LogP contribution in [0.2, 0.25) is 0 Å². The summed E-state index contributed by atoms with van der Waals surface area (Å²) < 4.78 is 10.4. The van der Waals surface area contributed by atoms with Gasteiger partial charge in [-0.25, -0.2) is 4.79 Å². The van der Waals surface area contributed by atoms with Gasteiger partial charge in [0, 0.05) is 17.5 Å². The number of nitrogens with zero attached hydrogens (tertiary/aromatic N) is 2. The molecule has 0 saturated carbocycles. The van der Waals surface area contributed by atoms with E-state index in [2.05, 4.69) is 34.8 Å². The molecule has 0 bridgehead atoms. The zero-order valence-corrected chi connectivity index (χ0v) is 15.0. The molecule has 132 valence electrons. The van der Waals surface area contributed by atoms with E-state index < -0.39 is 0 Å². The van der Waals surface area contributed by atoms with E-state index in [0.717, 1.165) is 29.8 Å². The van der Waals surface area contributed by atoms with Crippen molar-refractivity contribution in [1.82, 2.24) is 20.9 Å². The minimum absolute atomic E-state index is 0.189. The second-order valence-electron chi connectivity index (χ2n) is 6.02. The summed E-state index contributed by atoms with van der Waals surface area (Å²) in [6.45, 7) is 10.1. The highest BCUT2D eigenvalue weighted by atomic mass is 16.5. The summed E-state index contributed by atoms with van der Waals surface area (Å²) in [6.07, 6.45) is 2.04. The Bertz CT molecular complexity index is 654. The van der Waals surface area contributed by atoms with Crippen molar-refractivity contribution in [3.8, 4) is 0 Å². The molecule has 0 aliphatic carbocycles. The third-order valence-electron chi connectivity index (χ3n) is 4.27. The fraction of sp³-hybridized carbons (Fsp3) is 0.588. The number of carbonyl (C=O) groups excluding carboxylic acids is 1. The Hall–Kier alpha value is -2.31. The lowest BCUT2D eigenvalue weighted by Gasteiger charge is -2.14. The Kier molecular flexibility index (Phi) is 6.00. The molecule has 2 aromatic heterocycles. The quantitative estimate of drug-likeness (QED) is 0.804. The molecule has 24 heavy (non-hydrogen) atoms. The molecule has 0 unspecified atom stereocenters. The maximum Gasteiger partial charge on any atom is 0.315 e. The van der Waals surface area contributed by atoms with E-state index in [9.17, 15) is 4.79 Å². The van der Waals surface area contributed by atoms with Crippen molar-refractivity contribution in [1.29, 1.82) is 0 Å². The minimum Gasteiger partial charge on any atom is -0.361 e. The number of carbonyl (C=O) groups is 1. The van der Waals surface area contributed by atoms with Crippen LogP contribution in [-0.2, 0) is 6.54 Å². The van der Waals surface area contributed by atoms with Gasteiger partial charge in [-0.3, -0.25) is 0 Å². The average molecular weight is 334 g/mol. The molecule has 2 amide bonds. The van der Waals surface area contributed by atoms with Crippen LogP contribution in [0.25, 0.3) is 0 Å². The minimum atomic E-state index is -0.275. The molecule has 2 N–H and O–H groups in total. The number of urea groups is 1. The number of hydrogen-bond acceptors (Lipinski definition) is 5. The zero-order valence-electron chi connectivity index (χ0n) is 15.0. The predicted octanol–water partition coefficient (Wildman–Crippen LogP) is 3.74. The van der Waals surface area contributed by atoms with Gasteiger partial charge in [0.15, 0.2) is 5.76 Å². The maximum absolute atomic E-state index is 12.1. The highest BCUT2D eigenvalue weighted by molar-refractivity contribution is 5.74. The molecule has 0 aliphatic rings. The second-order valence-corrected chi connectivity index (χ2v) is 6.02.